The third kappa shape index (κ3) is 3.54. The summed E-state index contributed by atoms with van der Waals surface area (Å²) < 4.78 is 5.45. The van der Waals surface area contributed by atoms with Crippen LogP contribution in [0.5, 0.6) is 5.75 Å². The van der Waals surface area contributed by atoms with E-state index in [2.05, 4.69) is 9.80 Å². The molecule has 3 rings (SSSR count). The van der Waals surface area contributed by atoms with E-state index in [9.17, 15) is 4.79 Å². The van der Waals surface area contributed by atoms with Crippen molar-refractivity contribution in [3.8, 4) is 5.75 Å². The summed E-state index contributed by atoms with van der Waals surface area (Å²) in [5.41, 5.74) is 7.59. The van der Waals surface area contributed by atoms with E-state index in [0.29, 0.717) is 11.6 Å². The van der Waals surface area contributed by atoms with Crippen molar-refractivity contribution >= 4 is 17.3 Å². The molecule has 0 atom stereocenters. The molecule has 0 radical (unpaired) electrons. The van der Waals surface area contributed by atoms with Gasteiger partial charge in [0.2, 0.25) is 5.91 Å². The van der Waals surface area contributed by atoms with Crippen molar-refractivity contribution in [2.24, 2.45) is 5.92 Å². The summed E-state index contributed by atoms with van der Waals surface area (Å²) in [5, 5.41) is 0. The molecule has 2 aliphatic rings. The van der Waals surface area contributed by atoms with E-state index in [0.717, 1.165) is 50.5 Å². The predicted octanol–water partition coefficient (Wildman–Crippen LogP) is 2.51. The number of carbonyl (C=O) groups excluding carboxylic acids is 1. The fourth-order valence-corrected chi connectivity index (χ4v) is 3.73. The number of hydrogen-bond donors (Lipinski definition) is 1. The molecular formula is C18H27N3O2. The lowest BCUT2D eigenvalue weighted by Gasteiger charge is -2.38. The van der Waals surface area contributed by atoms with E-state index >= 15 is 0 Å². The summed E-state index contributed by atoms with van der Waals surface area (Å²) in [4.78, 5) is 17.0. The van der Waals surface area contributed by atoms with E-state index in [4.69, 9.17) is 10.5 Å². The summed E-state index contributed by atoms with van der Waals surface area (Å²) in [6, 6.07) is 5.76. The molecule has 23 heavy (non-hydrogen) atoms. The van der Waals surface area contributed by atoms with Crippen molar-refractivity contribution in [2.45, 2.75) is 32.1 Å². The Kier molecular flexibility index (Phi) is 4.94. The highest BCUT2D eigenvalue weighted by Gasteiger charge is 2.29. The first kappa shape index (κ1) is 16.0. The van der Waals surface area contributed by atoms with Crippen LogP contribution in [0.1, 0.15) is 32.1 Å². The number of benzene rings is 1. The van der Waals surface area contributed by atoms with Gasteiger partial charge in [-0.15, -0.1) is 0 Å². The number of anilines is 2. The molecule has 0 aromatic heterocycles. The van der Waals surface area contributed by atoms with Gasteiger partial charge in [0, 0.05) is 43.9 Å². The monoisotopic (exact) mass is 317 g/mol. The van der Waals surface area contributed by atoms with Gasteiger partial charge in [-0.05, 0) is 25.0 Å². The topological polar surface area (TPSA) is 58.8 Å². The fraction of sp³-hybridized carbons (Fsp3) is 0.611. The molecule has 5 heteroatoms. The molecule has 5 nitrogen and oxygen atoms in total. The number of methoxy groups -OCH3 is 1. The van der Waals surface area contributed by atoms with Gasteiger partial charge in [-0.1, -0.05) is 19.3 Å². The first-order valence-electron chi connectivity index (χ1n) is 8.66. The first-order valence-corrected chi connectivity index (χ1v) is 8.66. The molecule has 1 heterocycles. The highest BCUT2D eigenvalue weighted by Crippen LogP contribution is 2.31. The van der Waals surface area contributed by atoms with Gasteiger partial charge in [-0.2, -0.15) is 0 Å². The Labute approximate surface area is 138 Å². The summed E-state index contributed by atoms with van der Waals surface area (Å²) in [5.74, 6) is 1.44. The highest BCUT2D eigenvalue weighted by atomic mass is 16.5. The SMILES string of the molecule is COc1cc(N)ccc1N1CCN(C(=O)C2CCCCC2)CC1. The van der Waals surface area contributed by atoms with E-state index in [-0.39, 0.29) is 5.92 Å². The number of amides is 1. The van der Waals surface area contributed by atoms with Gasteiger partial charge < -0.3 is 20.3 Å². The van der Waals surface area contributed by atoms with Crippen molar-refractivity contribution in [3.05, 3.63) is 18.2 Å². The van der Waals surface area contributed by atoms with Gasteiger partial charge in [0.15, 0.2) is 0 Å². The molecule has 1 amide bonds. The molecule has 1 aromatic rings. The lowest BCUT2D eigenvalue weighted by molar-refractivity contribution is -0.136. The smallest absolute Gasteiger partial charge is 0.225 e. The molecule has 1 saturated heterocycles. The van der Waals surface area contributed by atoms with Crippen LogP contribution in [0.15, 0.2) is 18.2 Å². The van der Waals surface area contributed by atoms with E-state index in [1.54, 1.807) is 7.11 Å². The highest BCUT2D eigenvalue weighted by molar-refractivity contribution is 5.79. The molecule has 126 valence electrons. The van der Waals surface area contributed by atoms with Gasteiger partial charge in [-0.25, -0.2) is 0 Å². The second kappa shape index (κ2) is 7.11. The van der Waals surface area contributed by atoms with Crippen molar-refractivity contribution in [2.75, 3.05) is 43.9 Å². The standard InChI is InChI=1S/C18H27N3O2/c1-23-17-13-15(19)7-8-16(17)20-9-11-21(12-10-20)18(22)14-5-3-2-4-6-14/h7-8,13-14H,2-6,9-12,19H2,1H3. The number of piperazine rings is 1. The molecule has 0 spiro atoms. The quantitative estimate of drug-likeness (QED) is 0.870. The van der Waals surface area contributed by atoms with Crippen LogP contribution < -0.4 is 15.4 Å². The minimum Gasteiger partial charge on any atom is -0.495 e. The van der Waals surface area contributed by atoms with Gasteiger partial charge >= 0.3 is 0 Å². The van der Waals surface area contributed by atoms with E-state index in [1.807, 2.05) is 18.2 Å². The van der Waals surface area contributed by atoms with Crippen molar-refractivity contribution in [1.29, 1.82) is 0 Å². The van der Waals surface area contributed by atoms with Crippen LogP contribution in [0.3, 0.4) is 0 Å². The van der Waals surface area contributed by atoms with E-state index in [1.165, 1.54) is 19.3 Å². The van der Waals surface area contributed by atoms with Crippen LogP contribution in [0.25, 0.3) is 0 Å². The Hall–Kier alpha value is -1.91. The zero-order valence-electron chi connectivity index (χ0n) is 14.0. The number of ether oxygens (including phenoxy) is 1. The Morgan fingerprint density at radius 1 is 1.13 bits per heavy atom. The van der Waals surface area contributed by atoms with Crippen LogP contribution in [-0.4, -0.2) is 44.1 Å². The minimum absolute atomic E-state index is 0.265. The summed E-state index contributed by atoms with van der Waals surface area (Å²) in [6.45, 7) is 3.28. The number of carbonyl (C=O) groups is 1. The molecule has 2 fully saturated rings. The number of nitrogen functional groups attached to an aromatic ring is 1. The maximum Gasteiger partial charge on any atom is 0.225 e. The maximum absolute atomic E-state index is 12.6. The fourth-order valence-electron chi connectivity index (χ4n) is 3.73. The molecule has 1 aromatic carbocycles. The van der Waals surface area contributed by atoms with Crippen LogP contribution in [-0.2, 0) is 4.79 Å². The number of rotatable bonds is 3. The second-order valence-corrected chi connectivity index (χ2v) is 6.58. The van der Waals surface area contributed by atoms with Gasteiger partial charge in [0.1, 0.15) is 5.75 Å². The summed E-state index contributed by atoms with van der Waals surface area (Å²) in [6.07, 6.45) is 5.85. The summed E-state index contributed by atoms with van der Waals surface area (Å²) in [7, 11) is 1.67. The minimum atomic E-state index is 0.265. The summed E-state index contributed by atoms with van der Waals surface area (Å²) >= 11 is 0. The molecule has 0 unspecified atom stereocenters. The van der Waals surface area contributed by atoms with Crippen LogP contribution in [0.4, 0.5) is 11.4 Å². The zero-order valence-corrected chi connectivity index (χ0v) is 14.0. The van der Waals surface area contributed by atoms with Crippen LogP contribution >= 0.6 is 0 Å². The van der Waals surface area contributed by atoms with Gasteiger partial charge in [0.25, 0.3) is 0 Å². The molecular weight excluding hydrogens is 290 g/mol. The third-order valence-electron chi connectivity index (χ3n) is 5.09. The predicted molar refractivity (Wildman–Crippen MR) is 92.8 cm³/mol. The number of nitrogens with two attached hydrogens (primary N) is 1. The van der Waals surface area contributed by atoms with Crippen LogP contribution in [0, 0.1) is 5.92 Å². The Morgan fingerprint density at radius 2 is 1.83 bits per heavy atom. The average Bonchev–Trinajstić information content (AvgIpc) is 2.62. The van der Waals surface area contributed by atoms with Crippen molar-refractivity contribution in [1.82, 2.24) is 4.90 Å². The lowest BCUT2D eigenvalue weighted by atomic mass is 9.88. The second-order valence-electron chi connectivity index (χ2n) is 6.58. The maximum atomic E-state index is 12.6. The van der Waals surface area contributed by atoms with Crippen molar-refractivity contribution < 1.29 is 9.53 Å². The molecule has 0 bridgehead atoms. The van der Waals surface area contributed by atoms with Crippen LogP contribution in [0.2, 0.25) is 0 Å². The third-order valence-corrected chi connectivity index (χ3v) is 5.09. The first-order chi connectivity index (χ1) is 11.2. The Bertz CT molecular complexity index is 547. The number of hydrogen-bond acceptors (Lipinski definition) is 4. The van der Waals surface area contributed by atoms with Crippen molar-refractivity contribution in [3.63, 3.8) is 0 Å². The van der Waals surface area contributed by atoms with Gasteiger partial charge in [-0.3, -0.25) is 4.79 Å². The normalized spacial score (nSPS) is 19.7. The average molecular weight is 317 g/mol. The largest absolute Gasteiger partial charge is 0.495 e. The molecule has 1 saturated carbocycles. The Morgan fingerprint density at radius 3 is 2.48 bits per heavy atom. The molecule has 1 aliphatic carbocycles. The Balaban J connectivity index is 1.61. The zero-order chi connectivity index (χ0) is 16.2. The van der Waals surface area contributed by atoms with E-state index < -0.39 is 0 Å². The molecule has 1 aliphatic heterocycles. The van der Waals surface area contributed by atoms with Gasteiger partial charge in [0.05, 0.1) is 12.8 Å². The molecule has 2 N–H and O–H groups in total. The lowest BCUT2D eigenvalue weighted by Crippen LogP contribution is -2.50. The number of nitrogens with zero attached hydrogens (tertiary/aromatic N) is 2.